The number of benzene rings is 2. The van der Waals surface area contributed by atoms with E-state index >= 15 is 0 Å². The molecule has 126 valence electrons. The van der Waals surface area contributed by atoms with Crippen molar-refractivity contribution >= 4 is 11.8 Å². The van der Waals surface area contributed by atoms with Crippen LogP contribution in [0.1, 0.15) is 22.8 Å². The molecule has 2 rings (SSSR count). The maximum Gasteiger partial charge on any atom is 0.251 e. The number of nitrogens with one attached hydrogen (secondary N) is 1. The van der Waals surface area contributed by atoms with Crippen LogP contribution < -0.4 is 5.32 Å². The van der Waals surface area contributed by atoms with Crippen molar-refractivity contribution in [2.45, 2.75) is 13.5 Å². The molecule has 0 spiro atoms. The van der Waals surface area contributed by atoms with E-state index in [1.54, 1.807) is 4.90 Å². The highest BCUT2D eigenvalue weighted by Crippen LogP contribution is 2.09. The number of hydrogen-bond donors (Lipinski definition) is 1. The first-order valence-electron chi connectivity index (χ1n) is 7.56. The molecule has 2 amide bonds. The summed E-state index contributed by atoms with van der Waals surface area (Å²) in [6.45, 7) is 2.57. The molecular weight excluding hydrogens is 314 g/mol. The fourth-order valence-electron chi connectivity index (χ4n) is 2.19. The van der Waals surface area contributed by atoms with Crippen LogP contribution in [-0.4, -0.2) is 29.8 Å². The first-order chi connectivity index (χ1) is 11.5. The van der Waals surface area contributed by atoms with E-state index in [2.05, 4.69) is 5.32 Å². The average Bonchev–Trinajstić information content (AvgIpc) is 2.60. The summed E-state index contributed by atoms with van der Waals surface area (Å²) >= 11 is 0. The Morgan fingerprint density at radius 1 is 1.04 bits per heavy atom. The van der Waals surface area contributed by atoms with Crippen molar-refractivity contribution in [2.75, 3.05) is 13.1 Å². The summed E-state index contributed by atoms with van der Waals surface area (Å²) < 4.78 is 26.0. The first kappa shape index (κ1) is 17.6. The van der Waals surface area contributed by atoms with Gasteiger partial charge in [-0.25, -0.2) is 8.78 Å². The monoisotopic (exact) mass is 332 g/mol. The second-order valence-corrected chi connectivity index (χ2v) is 5.21. The Labute approximate surface area is 139 Å². The van der Waals surface area contributed by atoms with E-state index in [0.29, 0.717) is 13.1 Å². The maximum absolute atomic E-state index is 13.1. The van der Waals surface area contributed by atoms with Crippen molar-refractivity contribution in [2.24, 2.45) is 0 Å². The molecule has 0 radical (unpaired) electrons. The molecule has 0 aliphatic carbocycles. The Hall–Kier alpha value is -2.76. The van der Waals surface area contributed by atoms with Crippen molar-refractivity contribution in [3.63, 3.8) is 0 Å². The molecule has 2 aromatic rings. The van der Waals surface area contributed by atoms with E-state index in [-0.39, 0.29) is 18.0 Å². The van der Waals surface area contributed by atoms with Crippen LogP contribution in [0.4, 0.5) is 8.78 Å². The van der Waals surface area contributed by atoms with E-state index in [1.165, 1.54) is 6.07 Å². The Bertz CT molecular complexity index is 720. The smallest absolute Gasteiger partial charge is 0.251 e. The van der Waals surface area contributed by atoms with Crippen LogP contribution in [0.25, 0.3) is 0 Å². The predicted octanol–water partition coefficient (Wildman–Crippen LogP) is 2.74. The largest absolute Gasteiger partial charge is 0.343 e. The third-order valence-electron chi connectivity index (χ3n) is 3.53. The zero-order valence-electron chi connectivity index (χ0n) is 13.3. The number of likely N-dealkylation sites (N-methyl/N-ethyl adjacent to an activating group) is 1. The normalized spacial score (nSPS) is 10.3. The number of carbonyl (C=O) groups is 2. The quantitative estimate of drug-likeness (QED) is 0.884. The summed E-state index contributed by atoms with van der Waals surface area (Å²) in [5.41, 5.74) is 0.951. The molecule has 4 nitrogen and oxygen atoms in total. The van der Waals surface area contributed by atoms with Gasteiger partial charge in [-0.3, -0.25) is 9.59 Å². The highest BCUT2D eigenvalue weighted by atomic mass is 19.2. The van der Waals surface area contributed by atoms with Crippen LogP contribution in [-0.2, 0) is 11.3 Å². The Kier molecular flexibility index (Phi) is 6.01. The van der Waals surface area contributed by atoms with E-state index in [1.807, 2.05) is 37.3 Å². The van der Waals surface area contributed by atoms with Gasteiger partial charge in [0, 0.05) is 18.7 Å². The van der Waals surface area contributed by atoms with Crippen molar-refractivity contribution < 1.29 is 18.4 Å². The molecule has 24 heavy (non-hydrogen) atoms. The van der Waals surface area contributed by atoms with Gasteiger partial charge >= 0.3 is 0 Å². The van der Waals surface area contributed by atoms with Crippen molar-refractivity contribution in [3.05, 3.63) is 71.3 Å². The van der Waals surface area contributed by atoms with E-state index in [9.17, 15) is 18.4 Å². The molecule has 2 aromatic carbocycles. The van der Waals surface area contributed by atoms with Gasteiger partial charge in [0.05, 0.1) is 6.54 Å². The number of amides is 2. The van der Waals surface area contributed by atoms with Crippen molar-refractivity contribution in [3.8, 4) is 0 Å². The Morgan fingerprint density at radius 3 is 2.38 bits per heavy atom. The lowest BCUT2D eigenvalue weighted by Crippen LogP contribution is -2.39. The molecule has 0 bridgehead atoms. The zero-order chi connectivity index (χ0) is 17.5. The van der Waals surface area contributed by atoms with Gasteiger partial charge < -0.3 is 10.2 Å². The lowest BCUT2D eigenvalue weighted by Gasteiger charge is -2.21. The van der Waals surface area contributed by atoms with Crippen LogP contribution in [0.5, 0.6) is 0 Å². The van der Waals surface area contributed by atoms with E-state index in [0.717, 1.165) is 17.7 Å². The molecule has 0 aromatic heterocycles. The van der Waals surface area contributed by atoms with E-state index < -0.39 is 17.5 Å². The third-order valence-corrected chi connectivity index (χ3v) is 3.53. The zero-order valence-corrected chi connectivity index (χ0v) is 13.3. The van der Waals surface area contributed by atoms with Gasteiger partial charge in [-0.15, -0.1) is 0 Å². The van der Waals surface area contributed by atoms with Gasteiger partial charge in [0.2, 0.25) is 5.91 Å². The van der Waals surface area contributed by atoms with Gasteiger partial charge in [-0.2, -0.15) is 0 Å². The van der Waals surface area contributed by atoms with Gasteiger partial charge in [0.15, 0.2) is 11.6 Å². The number of carbonyl (C=O) groups excluding carboxylic acids is 2. The minimum absolute atomic E-state index is 0.0344. The molecule has 0 atom stereocenters. The standard InChI is InChI=1S/C18H18F2N2O2/c1-2-22(12-13-6-4-3-5-7-13)17(23)11-21-18(24)14-8-9-15(19)16(20)10-14/h3-10H,2,11-12H2,1H3,(H,21,24). The van der Waals surface area contributed by atoms with Crippen LogP contribution in [0.2, 0.25) is 0 Å². The molecule has 0 aliphatic rings. The molecule has 0 saturated heterocycles. The highest BCUT2D eigenvalue weighted by Gasteiger charge is 2.15. The van der Waals surface area contributed by atoms with Gasteiger partial charge in [0.25, 0.3) is 5.91 Å². The first-order valence-corrected chi connectivity index (χ1v) is 7.56. The molecule has 6 heteroatoms. The Morgan fingerprint density at radius 2 is 1.75 bits per heavy atom. The van der Waals surface area contributed by atoms with Crippen LogP contribution >= 0.6 is 0 Å². The van der Waals surface area contributed by atoms with Crippen LogP contribution in [0, 0.1) is 11.6 Å². The lowest BCUT2D eigenvalue weighted by atomic mass is 10.2. The van der Waals surface area contributed by atoms with Crippen molar-refractivity contribution in [1.29, 1.82) is 0 Å². The molecule has 0 saturated carbocycles. The molecular formula is C18H18F2N2O2. The summed E-state index contributed by atoms with van der Waals surface area (Å²) in [5.74, 6) is -3.01. The van der Waals surface area contributed by atoms with Gasteiger partial charge in [-0.05, 0) is 30.7 Å². The minimum Gasteiger partial charge on any atom is -0.343 e. The summed E-state index contributed by atoms with van der Waals surface area (Å²) in [6, 6.07) is 12.3. The summed E-state index contributed by atoms with van der Waals surface area (Å²) in [5, 5.41) is 2.43. The van der Waals surface area contributed by atoms with Crippen LogP contribution in [0.3, 0.4) is 0 Å². The molecule has 0 fully saturated rings. The number of hydrogen-bond acceptors (Lipinski definition) is 2. The highest BCUT2D eigenvalue weighted by molar-refractivity contribution is 5.96. The molecule has 0 unspecified atom stereocenters. The van der Waals surface area contributed by atoms with E-state index in [4.69, 9.17) is 0 Å². The summed E-state index contributed by atoms with van der Waals surface area (Å²) in [4.78, 5) is 25.7. The fraction of sp³-hybridized carbons (Fsp3) is 0.222. The summed E-state index contributed by atoms with van der Waals surface area (Å²) in [6.07, 6.45) is 0. The average molecular weight is 332 g/mol. The molecule has 1 N–H and O–H groups in total. The second kappa shape index (κ2) is 8.19. The number of rotatable bonds is 6. The SMILES string of the molecule is CCN(Cc1ccccc1)C(=O)CNC(=O)c1ccc(F)c(F)c1. The molecule has 0 heterocycles. The number of nitrogens with zero attached hydrogens (tertiary/aromatic N) is 1. The number of halogens is 2. The molecule has 0 aliphatic heterocycles. The second-order valence-electron chi connectivity index (χ2n) is 5.21. The lowest BCUT2D eigenvalue weighted by molar-refractivity contribution is -0.130. The van der Waals surface area contributed by atoms with Crippen molar-refractivity contribution in [1.82, 2.24) is 10.2 Å². The predicted molar refractivity (Wildman–Crippen MR) is 86.2 cm³/mol. The summed E-state index contributed by atoms with van der Waals surface area (Å²) in [7, 11) is 0. The maximum atomic E-state index is 13.1. The Balaban J connectivity index is 1.93. The topological polar surface area (TPSA) is 49.4 Å². The van der Waals surface area contributed by atoms with Gasteiger partial charge in [-0.1, -0.05) is 30.3 Å². The third kappa shape index (κ3) is 4.62. The van der Waals surface area contributed by atoms with Crippen LogP contribution in [0.15, 0.2) is 48.5 Å². The minimum atomic E-state index is -1.10. The fourth-order valence-corrected chi connectivity index (χ4v) is 2.19. The van der Waals surface area contributed by atoms with Gasteiger partial charge in [0.1, 0.15) is 0 Å².